The van der Waals surface area contributed by atoms with Gasteiger partial charge in [0.15, 0.2) is 0 Å². The second-order valence-electron chi connectivity index (χ2n) is 7.16. The Balaban J connectivity index is 1.60. The Morgan fingerprint density at radius 3 is 2.67 bits per heavy atom. The summed E-state index contributed by atoms with van der Waals surface area (Å²) in [7, 11) is 0. The van der Waals surface area contributed by atoms with E-state index in [4.69, 9.17) is 0 Å². The minimum atomic E-state index is -0.989. The number of carboxylic acids is 1. The lowest BCUT2D eigenvalue weighted by molar-refractivity contribution is -0.152. The molecule has 6 nitrogen and oxygen atoms in total. The summed E-state index contributed by atoms with van der Waals surface area (Å²) >= 11 is 0. The van der Waals surface area contributed by atoms with Crippen LogP contribution in [0.4, 0.5) is 0 Å². The van der Waals surface area contributed by atoms with Crippen LogP contribution >= 0.6 is 0 Å². The van der Waals surface area contributed by atoms with Crippen LogP contribution < -0.4 is 5.32 Å². The van der Waals surface area contributed by atoms with Crippen molar-refractivity contribution in [3.63, 3.8) is 0 Å². The van der Waals surface area contributed by atoms with Gasteiger partial charge in [-0.3, -0.25) is 9.59 Å². The van der Waals surface area contributed by atoms with Gasteiger partial charge in [-0.05, 0) is 35.1 Å². The van der Waals surface area contributed by atoms with E-state index in [2.05, 4.69) is 5.32 Å². The second kappa shape index (κ2) is 8.20. The average Bonchev–Trinajstić information content (AvgIpc) is 2.66. The van der Waals surface area contributed by atoms with Crippen LogP contribution in [-0.4, -0.2) is 46.9 Å². The number of nitrogens with one attached hydrogen (secondary N) is 1. The van der Waals surface area contributed by atoms with Gasteiger partial charge in [-0.25, -0.2) is 4.79 Å². The lowest BCUT2D eigenvalue weighted by Crippen LogP contribution is -2.52. The molecule has 1 heterocycles. The van der Waals surface area contributed by atoms with Crippen LogP contribution in [0.3, 0.4) is 0 Å². The van der Waals surface area contributed by atoms with Crippen molar-refractivity contribution in [1.82, 2.24) is 10.2 Å². The molecule has 1 fully saturated rings. The molecule has 2 aromatic rings. The summed E-state index contributed by atoms with van der Waals surface area (Å²) in [6, 6.07) is 12.8. The Morgan fingerprint density at radius 1 is 1.15 bits per heavy atom. The van der Waals surface area contributed by atoms with Crippen molar-refractivity contribution in [1.29, 1.82) is 0 Å². The average molecular weight is 368 g/mol. The highest BCUT2D eigenvalue weighted by molar-refractivity contribution is 5.92. The SMILES string of the molecule is CC1CCN(C(=O)CNC(=O)Cc2cccc3ccccc23)C(C(=O)O)C1. The molecule has 142 valence electrons. The molecule has 0 saturated carbocycles. The molecule has 0 bridgehead atoms. The molecule has 1 aliphatic rings. The zero-order chi connectivity index (χ0) is 19.4. The van der Waals surface area contributed by atoms with E-state index in [-0.39, 0.29) is 30.7 Å². The second-order valence-corrected chi connectivity index (χ2v) is 7.16. The van der Waals surface area contributed by atoms with Crippen LogP contribution in [0.15, 0.2) is 42.5 Å². The lowest BCUT2D eigenvalue weighted by Gasteiger charge is -2.36. The predicted molar refractivity (Wildman–Crippen MR) is 102 cm³/mol. The van der Waals surface area contributed by atoms with Gasteiger partial charge in [-0.15, -0.1) is 0 Å². The zero-order valence-corrected chi connectivity index (χ0v) is 15.4. The standard InChI is InChI=1S/C21H24N2O4/c1-14-9-10-23(18(11-14)21(26)27)20(25)13-22-19(24)12-16-7-4-6-15-5-2-3-8-17(15)16/h2-8,14,18H,9-13H2,1H3,(H,22,24)(H,26,27). The monoisotopic (exact) mass is 368 g/mol. The number of hydrogen-bond donors (Lipinski definition) is 2. The van der Waals surface area contributed by atoms with Gasteiger partial charge in [0.05, 0.1) is 13.0 Å². The molecule has 6 heteroatoms. The van der Waals surface area contributed by atoms with Crippen molar-refractivity contribution in [3.8, 4) is 0 Å². The van der Waals surface area contributed by atoms with Gasteiger partial charge in [-0.2, -0.15) is 0 Å². The van der Waals surface area contributed by atoms with Crippen LogP contribution in [0.5, 0.6) is 0 Å². The van der Waals surface area contributed by atoms with Crippen molar-refractivity contribution < 1.29 is 19.5 Å². The number of fused-ring (bicyclic) bond motifs is 1. The minimum Gasteiger partial charge on any atom is -0.480 e. The highest BCUT2D eigenvalue weighted by atomic mass is 16.4. The Kier molecular flexibility index (Phi) is 5.74. The van der Waals surface area contributed by atoms with Crippen LogP contribution in [0, 0.1) is 5.92 Å². The molecule has 2 amide bonds. The fraction of sp³-hybridized carbons (Fsp3) is 0.381. The van der Waals surface area contributed by atoms with E-state index in [1.807, 2.05) is 49.4 Å². The maximum atomic E-state index is 12.4. The molecule has 0 spiro atoms. The molecule has 2 aromatic carbocycles. The van der Waals surface area contributed by atoms with Crippen molar-refractivity contribution in [2.45, 2.75) is 32.2 Å². The fourth-order valence-electron chi connectivity index (χ4n) is 3.63. The number of likely N-dealkylation sites (tertiary alicyclic amines) is 1. The van der Waals surface area contributed by atoms with Gasteiger partial charge in [0, 0.05) is 6.54 Å². The summed E-state index contributed by atoms with van der Waals surface area (Å²) in [6.07, 6.45) is 1.40. The maximum absolute atomic E-state index is 12.4. The molecular weight excluding hydrogens is 344 g/mol. The van der Waals surface area contributed by atoms with Crippen LogP contribution in [0.1, 0.15) is 25.3 Å². The molecule has 0 radical (unpaired) electrons. The molecule has 1 aliphatic heterocycles. The molecule has 2 N–H and O–H groups in total. The summed E-state index contributed by atoms with van der Waals surface area (Å²) in [5.74, 6) is -1.31. The third kappa shape index (κ3) is 4.45. The maximum Gasteiger partial charge on any atom is 0.326 e. The number of carbonyl (C=O) groups is 3. The predicted octanol–water partition coefficient (Wildman–Crippen LogP) is 2.21. The molecular formula is C21H24N2O4. The van der Waals surface area contributed by atoms with Crippen molar-refractivity contribution >= 4 is 28.6 Å². The third-order valence-corrected chi connectivity index (χ3v) is 5.14. The summed E-state index contributed by atoms with van der Waals surface area (Å²) in [4.78, 5) is 37.6. The summed E-state index contributed by atoms with van der Waals surface area (Å²) in [5, 5.41) is 14.1. The number of piperidine rings is 1. The molecule has 2 atom stereocenters. The Morgan fingerprint density at radius 2 is 1.89 bits per heavy atom. The largest absolute Gasteiger partial charge is 0.480 e. The van der Waals surface area contributed by atoms with Gasteiger partial charge in [0.2, 0.25) is 11.8 Å². The van der Waals surface area contributed by atoms with E-state index >= 15 is 0 Å². The summed E-state index contributed by atoms with van der Waals surface area (Å²) in [5.41, 5.74) is 0.897. The van der Waals surface area contributed by atoms with Gasteiger partial charge >= 0.3 is 5.97 Å². The number of benzene rings is 2. The topological polar surface area (TPSA) is 86.7 Å². The lowest BCUT2D eigenvalue weighted by atomic mass is 9.92. The van der Waals surface area contributed by atoms with Crippen molar-refractivity contribution in [2.75, 3.05) is 13.1 Å². The van der Waals surface area contributed by atoms with Crippen LogP contribution in [-0.2, 0) is 20.8 Å². The number of carbonyl (C=O) groups excluding carboxylic acids is 2. The molecule has 0 aliphatic carbocycles. The van der Waals surface area contributed by atoms with Crippen LogP contribution in [0.2, 0.25) is 0 Å². The van der Waals surface area contributed by atoms with E-state index in [0.717, 1.165) is 22.8 Å². The zero-order valence-electron chi connectivity index (χ0n) is 15.4. The van der Waals surface area contributed by atoms with E-state index in [9.17, 15) is 19.5 Å². The van der Waals surface area contributed by atoms with Gasteiger partial charge in [0.25, 0.3) is 0 Å². The first-order valence-electron chi connectivity index (χ1n) is 9.21. The first kappa shape index (κ1) is 18.9. The van der Waals surface area contributed by atoms with Gasteiger partial charge < -0.3 is 15.3 Å². The number of nitrogens with zero attached hydrogens (tertiary/aromatic N) is 1. The number of hydrogen-bond acceptors (Lipinski definition) is 3. The van der Waals surface area contributed by atoms with E-state index in [1.54, 1.807) is 0 Å². The number of aliphatic carboxylic acids is 1. The minimum absolute atomic E-state index is 0.175. The summed E-state index contributed by atoms with van der Waals surface area (Å²) < 4.78 is 0. The van der Waals surface area contributed by atoms with E-state index in [0.29, 0.717) is 13.0 Å². The van der Waals surface area contributed by atoms with Crippen molar-refractivity contribution in [3.05, 3.63) is 48.0 Å². The van der Waals surface area contributed by atoms with E-state index in [1.165, 1.54) is 4.90 Å². The number of carboxylic acid groups (broad SMARTS) is 1. The fourth-order valence-corrected chi connectivity index (χ4v) is 3.63. The quantitative estimate of drug-likeness (QED) is 0.847. The van der Waals surface area contributed by atoms with Crippen molar-refractivity contribution in [2.24, 2.45) is 5.92 Å². The third-order valence-electron chi connectivity index (χ3n) is 5.14. The van der Waals surface area contributed by atoms with Crippen LogP contribution in [0.25, 0.3) is 10.8 Å². The van der Waals surface area contributed by atoms with E-state index < -0.39 is 12.0 Å². The molecule has 1 saturated heterocycles. The smallest absolute Gasteiger partial charge is 0.326 e. The highest BCUT2D eigenvalue weighted by Crippen LogP contribution is 2.23. The number of amides is 2. The Labute approximate surface area is 158 Å². The molecule has 0 aromatic heterocycles. The first-order chi connectivity index (χ1) is 13.0. The summed E-state index contributed by atoms with van der Waals surface area (Å²) in [6.45, 7) is 2.22. The molecule has 27 heavy (non-hydrogen) atoms. The Hall–Kier alpha value is -2.89. The first-order valence-corrected chi connectivity index (χ1v) is 9.21. The number of rotatable bonds is 5. The normalized spacial score (nSPS) is 19.7. The highest BCUT2D eigenvalue weighted by Gasteiger charge is 2.34. The van der Waals surface area contributed by atoms with Gasteiger partial charge in [0.1, 0.15) is 6.04 Å². The molecule has 2 unspecified atom stereocenters. The molecule has 3 rings (SSSR count). The Bertz CT molecular complexity index is 859. The van der Waals surface area contributed by atoms with Gasteiger partial charge in [-0.1, -0.05) is 49.4 Å².